The second kappa shape index (κ2) is 6.30. The van der Waals surface area contributed by atoms with E-state index < -0.39 is 0 Å². The van der Waals surface area contributed by atoms with E-state index in [-0.39, 0.29) is 11.2 Å². The maximum Gasteiger partial charge on any atom is 0.200 e. The summed E-state index contributed by atoms with van der Waals surface area (Å²) in [5, 5.41) is 10.3. The lowest BCUT2D eigenvalue weighted by Crippen LogP contribution is -2.05. The topological polar surface area (TPSA) is 59.7 Å². The third-order valence-corrected chi connectivity index (χ3v) is 5.36. The van der Waals surface area contributed by atoms with Crippen LogP contribution in [0.5, 0.6) is 11.5 Å². The summed E-state index contributed by atoms with van der Waals surface area (Å²) in [6, 6.07) is 6.89. The zero-order valence-corrected chi connectivity index (χ0v) is 16.5. The Labute approximate surface area is 156 Å². The molecule has 0 fully saturated rings. The number of halogens is 3. The van der Waals surface area contributed by atoms with Crippen LogP contribution in [-0.4, -0.2) is 12.2 Å². The molecule has 0 unspecified atom stereocenters. The standard InChI is InChI=1S/C16H9Br3O4/c1-22-12-3-2-7(4-10(12)17)9-6-23-16-8(14(9)20)5-11(18)15(21)13(16)19/h2-6,21H,1H3. The second-order valence-corrected chi connectivity index (χ2v) is 7.23. The van der Waals surface area contributed by atoms with E-state index in [1.54, 1.807) is 31.4 Å². The number of hydrogen-bond acceptors (Lipinski definition) is 4. The molecule has 3 rings (SSSR count). The molecule has 1 aromatic heterocycles. The molecule has 2 aromatic carbocycles. The van der Waals surface area contributed by atoms with Crippen molar-refractivity contribution >= 4 is 58.8 Å². The molecule has 0 radical (unpaired) electrons. The van der Waals surface area contributed by atoms with Gasteiger partial charge in [-0.15, -0.1) is 0 Å². The van der Waals surface area contributed by atoms with Crippen LogP contribution in [-0.2, 0) is 0 Å². The molecule has 0 aliphatic rings. The van der Waals surface area contributed by atoms with Crippen molar-refractivity contribution < 1.29 is 14.3 Å². The average molecular weight is 505 g/mol. The lowest BCUT2D eigenvalue weighted by Gasteiger charge is -2.08. The Kier molecular flexibility index (Phi) is 4.53. The van der Waals surface area contributed by atoms with Gasteiger partial charge in [-0.1, -0.05) is 6.07 Å². The predicted octanol–water partition coefficient (Wildman–Crippen LogP) is 5.46. The van der Waals surface area contributed by atoms with Crippen molar-refractivity contribution in [2.45, 2.75) is 0 Å². The van der Waals surface area contributed by atoms with Gasteiger partial charge in [0.1, 0.15) is 22.2 Å². The summed E-state index contributed by atoms with van der Waals surface area (Å²) < 4.78 is 12.2. The van der Waals surface area contributed by atoms with Crippen molar-refractivity contribution in [2.24, 2.45) is 0 Å². The average Bonchev–Trinajstić information content (AvgIpc) is 2.54. The van der Waals surface area contributed by atoms with Crippen LogP contribution in [0.1, 0.15) is 0 Å². The lowest BCUT2D eigenvalue weighted by atomic mass is 10.1. The third-order valence-electron chi connectivity index (χ3n) is 3.40. The van der Waals surface area contributed by atoms with E-state index in [1.807, 2.05) is 0 Å². The quantitative estimate of drug-likeness (QED) is 0.503. The van der Waals surface area contributed by atoms with Gasteiger partial charge in [0.15, 0.2) is 5.58 Å². The number of aromatic hydroxyl groups is 1. The molecule has 23 heavy (non-hydrogen) atoms. The van der Waals surface area contributed by atoms with Crippen molar-refractivity contribution in [1.29, 1.82) is 0 Å². The Morgan fingerprint density at radius 1 is 1.13 bits per heavy atom. The van der Waals surface area contributed by atoms with Crippen LogP contribution in [0, 0.1) is 0 Å². The molecule has 0 atom stereocenters. The Balaban J connectivity index is 2.28. The monoisotopic (exact) mass is 502 g/mol. The normalized spacial score (nSPS) is 11.0. The lowest BCUT2D eigenvalue weighted by molar-refractivity contribution is 0.412. The first-order chi connectivity index (χ1) is 10.9. The number of benzene rings is 2. The summed E-state index contributed by atoms with van der Waals surface area (Å²) in [4.78, 5) is 12.8. The molecule has 118 valence electrons. The molecule has 0 spiro atoms. The minimum atomic E-state index is -0.190. The van der Waals surface area contributed by atoms with E-state index in [0.29, 0.717) is 36.8 Å². The molecule has 0 amide bonds. The summed E-state index contributed by atoms with van der Waals surface area (Å²) in [6.45, 7) is 0. The largest absolute Gasteiger partial charge is 0.505 e. The first-order valence-corrected chi connectivity index (χ1v) is 8.78. The minimum Gasteiger partial charge on any atom is -0.505 e. The number of rotatable bonds is 2. The molecule has 3 aromatic rings. The number of ether oxygens (including phenoxy) is 1. The molecule has 0 aliphatic heterocycles. The van der Waals surface area contributed by atoms with Gasteiger partial charge in [0.05, 0.1) is 27.0 Å². The molecular weight excluding hydrogens is 496 g/mol. The highest BCUT2D eigenvalue weighted by Crippen LogP contribution is 2.38. The van der Waals surface area contributed by atoms with E-state index >= 15 is 0 Å². The Hall–Kier alpha value is -1.31. The minimum absolute atomic E-state index is 0.0133. The van der Waals surface area contributed by atoms with Crippen LogP contribution in [0.2, 0.25) is 0 Å². The molecule has 1 heterocycles. The summed E-state index contributed by atoms with van der Waals surface area (Å²) >= 11 is 9.87. The zero-order valence-electron chi connectivity index (χ0n) is 11.7. The molecule has 7 heteroatoms. The van der Waals surface area contributed by atoms with Gasteiger partial charge < -0.3 is 14.3 Å². The maximum atomic E-state index is 12.8. The number of phenols is 1. The van der Waals surface area contributed by atoms with Crippen LogP contribution in [0.4, 0.5) is 0 Å². The van der Waals surface area contributed by atoms with E-state index in [2.05, 4.69) is 47.8 Å². The summed E-state index contributed by atoms with van der Waals surface area (Å²) in [6.07, 6.45) is 1.39. The highest BCUT2D eigenvalue weighted by molar-refractivity contribution is 9.11. The van der Waals surface area contributed by atoms with Crippen LogP contribution >= 0.6 is 47.8 Å². The number of phenolic OH excluding ortho intramolecular Hbond substituents is 1. The molecular formula is C16H9Br3O4. The van der Waals surface area contributed by atoms with Crippen LogP contribution < -0.4 is 10.2 Å². The first kappa shape index (κ1) is 16.5. The Morgan fingerprint density at radius 3 is 2.52 bits per heavy atom. The molecule has 0 saturated carbocycles. The SMILES string of the molecule is COc1ccc(-c2coc3c(Br)c(O)c(Br)cc3c2=O)cc1Br. The first-order valence-electron chi connectivity index (χ1n) is 6.40. The fourth-order valence-electron chi connectivity index (χ4n) is 2.22. The molecule has 1 N–H and O–H groups in total. The van der Waals surface area contributed by atoms with E-state index in [0.717, 1.165) is 4.47 Å². The highest BCUT2D eigenvalue weighted by Gasteiger charge is 2.16. The smallest absolute Gasteiger partial charge is 0.200 e. The van der Waals surface area contributed by atoms with Gasteiger partial charge in [0, 0.05) is 0 Å². The molecule has 4 nitrogen and oxygen atoms in total. The summed E-state index contributed by atoms with van der Waals surface area (Å²) in [7, 11) is 1.58. The fraction of sp³-hybridized carbons (Fsp3) is 0.0625. The van der Waals surface area contributed by atoms with Gasteiger partial charge in [-0.05, 0) is 71.6 Å². The Morgan fingerprint density at radius 2 is 1.87 bits per heavy atom. The van der Waals surface area contributed by atoms with E-state index in [9.17, 15) is 9.90 Å². The van der Waals surface area contributed by atoms with Crippen LogP contribution in [0.3, 0.4) is 0 Å². The van der Waals surface area contributed by atoms with E-state index in [1.165, 1.54) is 6.26 Å². The number of hydrogen-bond donors (Lipinski definition) is 1. The number of fused-ring (bicyclic) bond motifs is 1. The second-order valence-electron chi connectivity index (χ2n) is 4.73. The van der Waals surface area contributed by atoms with E-state index in [4.69, 9.17) is 9.15 Å². The fourth-order valence-corrected chi connectivity index (χ4v) is 3.98. The van der Waals surface area contributed by atoms with Gasteiger partial charge in [0.25, 0.3) is 0 Å². The zero-order chi connectivity index (χ0) is 16.7. The van der Waals surface area contributed by atoms with Crippen LogP contribution in [0.15, 0.2) is 53.2 Å². The van der Waals surface area contributed by atoms with Crippen LogP contribution in [0.25, 0.3) is 22.1 Å². The maximum absolute atomic E-state index is 12.8. The van der Waals surface area contributed by atoms with Gasteiger partial charge in [0.2, 0.25) is 5.43 Å². The Bertz CT molecular complexity index is 979. The van der Waals surface area contributed by atoms with Crippen molar-refractivity contribution in [3.8, 4) is 22.6 Å². The van der Waals surface area contributed by atoms with Crippen molar-refractivity contribution in [2.75, 3.05) is 7.11 Å². The van der Waals surface area contributed by atoms with Gasteiger partial charge >= 0.3 is 0 Å². The van der Waals surface area contributed by atoms with Gasteiger partial charge in [-0.2, -0.15) is 0 Å². The summed E-state index contributed by atoms with van der Waals surface area (Å²) in [5.74, 6) is 0.662. The highest BCUT2D eigenvalue weighted by atomic mass is 79.9. The van der Waals surface area contributed by atoms with Crippen molar-refractivity contribution in [1.82, 2.24) is 0 Å². The molecule has 0 saturated heterocycles. The molecule has 0 bridgehead atoms. The van der Waals surface area contributed by atoms with Crippen molar-refractivity contribution in [3.63, 3.8) is 0 Å². The molecule has 0 aliphatic carbocycles. The van der Waals surface area contributed by atoms with Gasteiger partial charge in [-0.3, -0.25) is 4.79 Å². The summed E-state index contributed by atoms with van der Waals surface area (Å²) in [5.41, 5.74) is 1.23. The van der Waals surface area contributed by atoms with Gasteiger partial charge in [-0.25, -0.2) is 0 Å². The third kappa shape index (κ3) is 2.81. The van der Waals surface area contributed by atoms with Crippen molar-refractivity contribution in [3.05, 3.63) is 54.2 Å². The number of methoxy groups -OCH3 is 1. The predicted molar refractivity (Wildman–Crippen MR) is 99.2 cm³/mol.